The first-order chi connectivity index (χ1) is 13.7. The standard InChI is InChI=1S/C22H17ClN2O2S/c23-17-9-11-18(12-10-17)27-14-13-25-22(26)19-6-2-4-8-21(19)28-20-7-3-1-5-16(20)15-24/h1-12H,13-14H2,(H,25,26). The molecule has 0 unspecified atom stereocenters. The van der Waals surface area contributed by atoms with Crippen molar-refractivity contribution in [3.05, 3.63) is 88.9 Å². The molecule has 0 saturated carbocycles. The first-order valence-corrected chi connectivity index (χ1v) is 9.79. The zero-order valence-corrected chi connectivity index (χ0v) is 16.5. The van der Waals surface area contributed by atoms with E-state index >= 15 is 0 Å². The fourth-order valence-corrected chi connectivity index (χ4v) is 3.62. The van der Waals surface area contributed by atoms with Crippen molar-refractivity contribution >= 4 is 29.3 Å². The van der Waals surface area contributed by atoms with Crippen LogP contribution in [0.25, 0.3) is 0 Å². The normalized spacial score (nSPS) is 10.1. The van der Waals surface area contributed by atoms with Crippen molar-refractivity contribution in [2.75, 3.05) is 13.2 Å². The maximum Gasteiger partial charge on any atom is 0.252 e. The van der Waals surface area contributed by atoms with Crippen molar-refractivity contribution in [3.63, 3.8) is 0 Å². The highest BCUT2D eigenvalue weighted by Gasteiger charge is 2.13. The summed E-state index contributed by atoms with van der Waals surface area (Å²) < 4.78 is 5.59. The van der Waals surface area contributed by atoms with Crippen LogP contribution in [0.3, 0.4) is 0 Å². The van der Waals surface area contributed by atoms with Crippen LogP contribution in [0.15, 0.2) is 82.6 Å². The third kappa shape index (κ3) is 5.29. The van der Waals surface area contributed by atoms with Crippen LogP contribution in [0.5, 0.6) is 5.75 Å². The van der Waals surface area contributed by atoms with Crippen molar-refractivity contribution in [3.8, 4) is 11.8 Å². The molecular formula is C22H17ClN2O2S. The molecule has 0 aliphatic carbocycles. The lowest BCUT2D eigenvalue weighted by Gasteiger charge is -2.11. The zero-order chi connectivity index (χ0) is 19.8. The molecule has 0 spiro atoms. The molecule has 1 amide bonds. The lowest BCUT2D eigenvalue weighted by atomic mass is 10.2. The van der Waals surface area contributed by atoms with Gasteiger partial charge in [-0.1, -0.05) is 47.6 Å². The maximum absolute atomic E-state index is 12.6. The van der Waals surface area contributed by atoms with E-state index in [0.717, 1.165) is 9.79 Å². The molecule has 28 heavy (non-hydrogen) atoms. The summed E-state index contributed by atoms with van der Waals surface area (Å²) in [4.78, 5) is 14.2. The van der Waals surface area contributed by atoms with E-state index in [9.17, 15) is 10.1 Å². The Balaban J connectivity index is 1.61. The zero-order valence-electron chi connectivity index (χ0n) is 14.9. The molecular weight excluding hydrogens is 392 g/mol. The Bertz CT molecular complexity index is 1000. The first kappa shape index (κ1) is 19.8. The molecule has 3 rings (SSSR count). The summed E-state index contributed by atoms with van der Waals surface area (Å²) in [7, 11) is 0. The highest BCUT2D eigenvalue weighted by atomic mass is 35.5. The Morgan fingerprint density at radius 3 is 2.43 bits per heavy atom. The number of benzene rings is 3. The number of hydrogen-bond donors (Lipinski definition) is 1. The lowest BCUT2D eigenvalue weighted by molar-refractivity contribution is 0.0944. The van der Waals surface area contributed by atoms with E-state index in [0.29, 0.717) is 35.1 Å². The average molecular weight is 409 g/mol. The Morgan fingerprint density at radius 1 is 1.00 bits per heavy atom. The van der Waals surface area contributed by atoms with Gasteiger partial charge in [-0.3, -0.25) is 4.79 Å². The topological polar surface area (TPSA) is 62.1 Å². The van der Waals surface area contributed by atoms with Gasteiger partial charge in [0.25, 0.3) is 5.91 Å². The molecule has 140 valence electrons. The SMILES string of the molecule is N#Cc1ccccc1Sc1ccccc1C(=O)NCCOc1ccc(Cl)cc1. The fraction of sp³-hybridized carbons (Fsp3) is 0.0909. The second-order valence-corrected chi connectivity index (χ2v) is 7.28. The maximum atomic E-state index is 12.6. The van der Waals surface area contributed by atoms with Crippen LogP contribution in [0.1, 0.15) is 15.9 Å². The number of rotatable bonds is 7. The second-order valence-electron chi connectivity index (χ2n) is 5.76. The number of carbonyl (C=O) groups is 1. The molecule has 0 radical (unpaired) electrons. The Morgan fingerprint density at radius 2 is 1.68 bits per heavy atom. The van der Waals surface area contributed by atoms with Gasteiger partial charge in [0, 0.05) is 14.8 Å². The van der Waals surface area contributed by atoms with Crippen molar-refractivity contribution < 1.29 is 9.53 Å². The summed E-state index contributed by atoms with van der Waals surface area (Å²) in [5.41, 5.74) is 1.14. The molecule has 1 N–H and O–H groups in total. The number of carbonyl (C=O) groups excluding carboxylic acids is 1. The third-order valence-electron chi connectivity index (χ3n) is 3.83. The number of amides is 1. The smallest absolute Gasteiger partial charge is 0.252 e. The van der Waals surface area contributed by atoms with Crippen molar-refractivity contribution in [1.82, 2.24) is 5.32 Å². The minimum atomic E-state index is -0.183. The summed E-state index contributed by atoms with van der Waals surface area (Å²) in [5, 5.41) is 12.8. The van der Waals surface area contributed by atoms with Gasteiger partial charge in [-0.2, -0.15) is 5.26 Å². The molecule has 0 aliphatic heterocycles. The van der Waals surface area contributed by atoms with Gasteiger partial charge in [0.1, 0.15) is 18.4 Å². The predicted octanol–water partition coefficient (Wildman–Crippen LogP) is 5.17. The molecule has 0 aromatic heterocycles. The number of nitrogens with zero attached hydrogens (tertiary/aromatic N) is 1. The predicted molar refractivity (Wildman–Crippen MR) is 111 cm³/mol. The van der Waals surface area contributed by atoms with Crippen molar-refractivity contribution in [1.29, 1.82) is 5.26 Å². The largest absolute Gasteiger partial charge is 0.492 e. The fourth-order valence-electron chi connectivity index (χ4n) is 2.47. The lowest BCUT2D eigenvalue weighted by Crippen LogP contribution is -2.28. The van der Waals surface area contributed by atoms with E-state index < -0.39 is 0 Å². The number of hydrogen-bond acceptors (Lipinski definition) is 4. The van der Waals surface area contributed by atoms with Crippen LogP contribution in [-0.2, 0) is 0 Å². The summed E-state index contributed by atoms with van der Waals surface area (Å²) in [5.74, 6) is 0.514. The van der Waals surface area contributed by atoms with E-state index in [2.05, 4.69) is 11.4 Å². The molecule has 0 atom stereocenters. The van der Waals surface area contributed by atoms with Gasteiger partial charge in [-0.25, -0.2) is 0 Å². The van der Waals surface area contributed by atoms with Crippen molar-refractivity contribution in [2.24, 2.45) is 0 Å². The van der Waals surface area contributed by atoms with Crippen LogP contribution >= 0.6 is 23.4 Å². The quantitative estimate of drug-likeness (QED) is 0.547. The third-order valence-corrected chi connectivity index (χ3v) is 5.23. The van der Waals surface area contributed by atoms with Crippen LogP contribution in [0.4, 0.5) is 0 Å². The molecule has 0 saturated heterocycles. The minimum Gasteiger partial charge on any atom is -0.492 e. The second kappa shape index (κ2) is 9.84. The Kier molecular flexibility index (Phi) is 6.96. The highest BCUT2D eigenvalue weighted by molar-refractivity contribution is 7.99. The minimum absolute atomic E-state index is 0.183. The van der Waals surface area contributed by atoms with Crippen LogP contribution in [0, 0.1) is 11.3 Å². The number of nitrogens with one attached hydrogen (secondary N) is 1. The first-order valence-electron chi connectivity index (χ1n) is 8.60. The van der Waals surface area contributed by atoms with Crippen molar-refractivity contribution in [2.45, 2.75) is 9.79 Å². The van der Waals surface area contributed by atoms with E-state index in [-0.39, 0.29) is 5.91 Å². The number of ether oxygens (including phenoxy) is 1. The van der Waals surface area contributed by atoms with Gasteiger partial charge in [0.15, 0.2) is 0 Å². The highest BCUT2D eigenvalue weighted by Crippen LogP contribution is 2.32. The van der Waals surface area contributed by atoms with Gasteiger partial charge in [0.2, 0.25) is 0 Å². The molecule has 0 aliphatic rings. The van der Waals surface area contributed by atoms with Crippen LogP contribution in [-0.4, -0.2) is 19.1 Å². The number of nitriles is 1. The summed E-state index contributed by atoms with van der Waals surface area (Å²) in [6.07, 6.45) is 0. The van der Waals surface area contributed by atoms with Crippen LogP contribution in [0.2, 0.25) is 5.02 Å². The summed E-state index contributed by atoms with van der Waals surface area (Å²) in [6.45, 7) is 0.717. The summed E-state index contributed by atoms with van der Waals surface area (Å²) >= 11 is 7.25. The Hall–Kier alpha value is -2.94. The molecule has 3 aromatic carbocycles. The van der Waals surface area contributed by atoms with Gasteiger partial charge < -0.3 is 10.1 Å². The van der Waals surface area contributed by atoms with Gasteiger partial charge in [-0.05, 0) is 48.5 Å². The van der Waals surface area contributed by atoms with Crippen LogP contribution < -0.4 is 10.1 Å². The summed E-state index contributed by atoms with van der Waals surface area (Å²) in [6, 6.07) is 23.9. The molecule has 4 nitrogen and oxygen atoms in total. The van der Waals surface area contributed by atoms with Gasteiger partial charge in [-0.15, -0.1) is 0 Å². The average Bonchev–Trinajstić information content (AvgIpc) is 2.73. The van der Waals surface area contributed by atoms with E-state index in [1.54, 1.807) is 36.4 Å². The molecule has 6 heteroatoms. The van der Waals surface area contributed by atoms with E-state index in [1.165, 1.54) is 11.8 Å². The van der Waals surface area contributed by atoms with Gasteiger partial charge >= 0.3 is 0 Å². The van der Waals surface area contributed by atoms with Gasteiger partial charge in [0.05, 0.1) is 17.7 Å². The molecule has 0 heterocycles. The number of halogens is 1. The van der Waals surface area contributed by atoms with E-state index in [4.69, 9.17) is 16.3 Å². The molecule has 0 fully saturated rings. The van der Waals surface area contributed by atoms with E-state index in [1.807, 2.05) is 36.4 Å². The monoisotopic (exact) mass is 408 g/mol. The molecule has 0 bridgehead atoms. The Labute approximate surface area is 173 Å². The molecule has 3 aromatic rings.